The lowest BCUT2D eigenvalue weighted by Crippen LogP contribution is -2.50. The first kappa shape index (κ1) is 20.7. The van der Waals surface area contributed by atoms with E-state index in [2.05, 4.69) is 14.8 Å². The summed E-state index contributed by atoms with van der Waals surface area (Å²) in [6.45, 7) is 7.75. The number of carbonyl (C=O) groups is 1. The second kappa shape index (κ2) is 9.49. The first-order chi connectivity index (χ1) is 14.6. The average Bonchev–Trinajstić information content (AvgIpc) is 2.79. The van der Waals surface area contributed by atoms with Gasteiger partial charge in [-0.3, -0.25) is 4.79 Å². The highest BCUT2D eigenvalue weighted by Gasteiger charge is 2.24. The number of piperazine rings is 1. The number of aryl methyl sites for hydroxylation is 1. The highest BCUT2D eigenvalue weighted by atomic mass is 35.5. The number of hydrogen-bond acceptors (Lipinski definition) is 7. The first-order valence-electron chi connectivity index (χ1n) is 10.2. The average molecular weight is 432 g/mol. The number of nitrogens with zero attached hydrogens (tertiary/aromatic N) is 5. The minimum Gasteiger partial charge on any atom is -0.484 e. The SMILES string of the molecule is Cc1cc(N2CCN(C(=O)COc3ccc(Cl)cc3)CC2)nc(N2CCOCC2)n1. The number of rotatable bonds is 5. The Hall–Kier alpha value is -2.58. The van der Waals surface area contributed by atoms with Gasteiger partial charge in [0.2, 0.25) is 5.95 Å². The molecule has 2 aromatic rings. The third-order valence-electron chi connectivity index (χ3n) is 5.26. The zero-order chi connectivity index (χ0) is 20.9. The normalized spacial score (nSPS) is 17.2. The van der Waals surface area contributed by atoms with Crippen LogP contribution in [0.2, 0.25) is 5.02 Å². The number of morpholine rings is 1. The molecule has 0 aliphatic carbocycles. The molecular weight excluding hydrogens is 406 g/mol. The summed E-state index contributed by atoms with van der Waals surface area (Å²) in [6, 6.07) is 9.02. The maximum Gasteiger partial charge on any atom is 0.260 e. The van der Waals surface area contributed by atoms with Gasteiger partial charge in [0, 0.05) is 56.1 Å². The van der Waals surface area contributed by atoms with Crippen molar-refractivity contribution in [3.63, 3.8) is 0 Å². The Kier molecular flexibility index (Phi) is 6.54. The summed E-state index contributed by atoms with van der Waals surface area (Å²) < 4.78 is 11.0. The Labute approximate surface area is 181 Å². The fourth-order valence-electron chi connectivity index (χ4n) is 3.56. The molecular formula is C21H26ClN5O3. The maximum atomic E-state index is 12.5. The van der Waals surface area contributed by atoms with Crippen LogP contribution in [0.25, 0.3) is 0 Å². The van der Waals surface area contributed by atoms with Gasteiger partial charge in [-0.05, 0) is 31.2 Å². The topological polar surface area (TPSA) is 71.0 Å². The Morgan fingerprint density at radius 1 is 1.03 bits per heavy atom. The zero-order valence-electron chi connectivity index (χ0n) is 17.1. The number of anilines is 2. The van der Waals surface area contributed by atoms with Crippen LogP contribution in [0.3, 0.4) is 0 Å². The third-order valence-corrected chi connectivity index (χ3v) is 5.51. The smallest absolute Gasteiger partial charge is 0.260 e. The van der Waals surface area contributed by atoms with Gasteiger partial charge in [-0.2, -0.15) is 4.98 Å². The van der Waals surface area contributed by atoms with E-state index in [1.54, 1.807) is 24.3 Å². The molecule has 2 aliphatic rings. The van der Waals surface area contributed by atoms with Gasteiger partial charge < -0.3 is 24.2 Å². The highest BCUT2D eigenvalue weighted by Crippen LogP contribution is 2.20. The molecule has 1 aromatic carbocycles. The molecule has 30 heavy (non-hydrogen) atoms. The molecule has 0 unspecified atom stereocenters. The highest BCUT2D eigenvalue weighted by molar-refractivity contribution is 6.30. The Morgan fingerprint density at radius 2 is 1.73 bits per heavy atom. The molecule has 2 saturated heterocycles. The lowest BCUT2D eigenvalue weighted by atomic mass is 10.3. The fraction of sp³-hybridized carbons (Fsp3) is 0.476. The van der Waals surface area contributed by atoms with E-state index in [-0.39, 0.29) is 12.5 Å². The zero-order valence-corrected chi connectivity index (χ0v) is 17.8. The molecule has 1 amide bonds. The summed E-state index contributed by atoms with van der Waals surface area (Å²) in [5.41, 5.74) is 0.941. The van der Waals surface area contributed by atoms with Gasteiger partial charge in [0.15, 0.2) is 6.61 Å². The summed E-state index contributed by atoms with van der Waals surface area (Å²) in [6.07, 6.45) is 0. The second-order valence-electron chi connectivity index (χ2n) is 7.38. The van der Waals surface area contributed by atoms with E-state index in [4.69, 9.17) is 26.1 Å². The van der Waals surface area contributed by atoms with Gasteiger partial charge in [0.25, 0.3) is 5.91 Å². The molecule has 8 nitrogen and oxygen atoms in total. The molecule has 0 bridgehead atoms. The van der Waals surface area contributed by atoms with E-state index in [9.17, 15) is 4.79 Å². The van der Waals surface area contributed by atoms with E-state index >= 15 is 0 Å². The number of halogens is 1. The monoisotopic (exact) mass is 431 g/mol. The van der Waals surface area contributed by atoms with Gasteiger partial charge in [0.05, 0.1) is 13.2 Å². The quantitative estimate of drug-likeness (QED) is 0.717. The molecule has 0 saturated carbocycles. The molecule has 0 N–H and O–H groups in total. The van der Waals surface area contributed by atoms with Crippen molar-refractivity contribution >= 4 is 29.3 Å². The molecule has 160 valence electrons. The van der Waals surface area contributed by atoms with Gasteiger partial charge in [-0.25, -0.2) is 4.98 Å². The van der Waals surface area contributed by atoms with Gasteiger partial charge in [-0.1, -0.05) is 11.6 Å². The largest absolute Gasteiger partial charge is 0.484 e. The lowest BCUT2D eigenvalue weighted by Gasteiger charge is -2.36. The van der Waals surface area contributed by atoms with Crippen molar-refractivity contribution in [1.29, 1.82) is 0 Å². The van der Waals surface area contributed by atoms with Gasteiger partial charge in [-0.15, -0.1) is 0 Å². The van der Waals surface area contributed by atoms with Crippen LogP contribution in [0.5, 0.6) is 5.75 Å². The second-order valence-corrected chi connectivity index (χ2v) is 7.81. The van der Waals surface area contributed by atoms with Gasteiger partial charge >= 0.3 is 0 Å². The van der Waals surface area contributed by atoms with Crippen LogP contribution < -0.4 is 14.5 Å². The Balaban J connectivity index is 1.32. The van der Waals surface area contributed by atoms with Crippen LogP contribution in [0.1, 0.15) is 5.69 Å². The van der Waals surface area contributed by atoms with E-state index in [1.807, 2.05) is 17.9 Å². The van der Waals surface area contributed by atoms with E-state index < -0.39 is 0 Å². The van der Waals surface area contributed by atoms with Crippen molar-refractivity contribution in [2.75, 3.05) is 68.9 Å². The number of aromatic nitrogens is 2. The number of hydrogen-bond donors (Lipinski definition) is 0. The fourth-order valence-corrected chi connectivity index (χ4v) is 3.68. The molecule has 0 atom stereocenters. The van der Waals surface area contributed by atoms with Crippen molar-refractivity contribution in [2.45, 2.75) is 6.92 Å². The maximum absolute atomic E-state index is 12.5. The molecule has 2 aliphatic heterocycles. The van der Waals surface area contributed by atoms with Crippen molar-refractivity contribution in [3.05, 3.63) is 41.0 Å². The van der Waals surface area contributed by atoms with Crippen LogP contribution in [-0.4, -0.2) is 79.9 Å². The van der Waals surface area contributed by atoms with Crippen LogP contribution in [0, 0.1) is 6.92 Å². The molecule has 4 rings (SSSR count). The Bertz CT molecular complexity index is 865. The minimum absolute atomic E-state index is 0.0162. The number of ether oxygens (including phenoxy) is 2. The van der Waals surface area contributed by atoms with Crippen molar-refractivity contribution < 1.29 is 14.3 Å². The molecule has 1 aromatic heterocycles. The van der Waals surface area contributed by atoms with Gasteiger partial charge in [0.1, 0.15) is 11.6 Å². The van der Waals surface area contributed by atoms with E-state index in [1.165, 1.54) is 0 Å². The lowest BCUT2D eigenvalue weighted by molar-refractivity contribution is -0.133. The van der Waals surface area contributed by atoms with Crippen molar-refractivity contribution in [1.82, 2.24) is 14.9 Å². The number of amides is 1. The first-order valence-corrected chi connectivity index (χ1v) is 10.6. The summed E-state index contributed by atoms with van der Waals surface area (Å²) in [7, 11) is 0. The Morgan fingerprint density at radius 3 is 2.43 bits per heavy atom. The molecule has 9 heteroatoms. The predicted molar refractivity (Wildman–Crippen MR) is 116 cm³/mol. The number of carbonyl (C=O) groups excluding carboxylic acids is 1. The van der Waals surface area contributed by atoms with Crippen molar-refractivity contribution in [2.24, 2.45) is 0 Å². The summed E-state index contributed by atoms with van der Waals surface area (Å²) in [5, 5.41) is 0.640. The van der Waals surface area contributed by atoms with E-state index in [0.717, 1.165) is 43.6 Å². The van der Waals surface area contributed by atoms with Crippen molar-refractivity contribution in [3.8, 4) is 5.75 Å². The molecule has 0 radical (unpaired) electrons. The summed E-state index contributed by atoms with van der Waals surface area (Å²) in [4.78, 5) is 28.1. The molecule has 3 heterocycles. The summed E-state index contributed by atoms with van der Waals surface area (Å²) in [5.74, 6) is 2.28. The van der Waals surface area contributed by atoms with Crippen LogP contribution in [0.15, 0.2) is 30.3 Å². The van der Waals surface area contributed by atoms with Crippen LogP contribution in [0.4, 0.5) is 11.8 Å². The molecule has 0 spiro atoms. The predicted octanol–water partition coefficient (Wildman–Crippen LogP) is 2.00. The summed E-state index contributed by atoms with van der Waals surface area (Å²) >= 11 is 5.87. The number of benzene rings is 1. The van der Waals surface area contributed by atoms with Crippen LogP contribution >= 0.6 is 11.6 Å². The van der Waals surface area contributed by atoms with E-state index in [0.29, 0.717) is 37.1 Å². The van der Waals surface area contributed by atoms with Crippen LogP contribution in [-0.2, 0) is 9.53 Å². The molecule has 2 fully saturated rings. The third kappa shape index (κ3) is 5.12. The minimum atomic E-state index is -0.0162. The standard InChI is InChI=1S/C21H26ClN5O3/c1-16-14-19(24-21(23-16)27-10-12-29-13-11-27)25-6-8-26(9-7-25)20(28)15-30-18-4-2-17(22)3-5-18/h2-5,14H,6-13,15H2,1H3.